The van der Waals surface area contributed by atoms with Crippen molar-refractivity contribution in [3.05, 3.63) is 7.43 Å². The summed E-state index contributed by atoms with van der Waals surface area (Å²) >= 11 is 0. The van der Waals surface area contributed by atoms with Gasteiger partial charge in [-0.25, -0.2) is 0 Å². The molecule has 1 aliphatic carbocycles. The Kier molecular flexibility index (Phi) is 21.4. The topological polar surface area (TPSA) is 115 Å². The van der Waals surface area contributed by atoms with Gasteiger partial charge in [0.1, 0.15) is 0 Å². The van der Waals surface area contributed by atoms with E-state index >= 15 is 0 Å². The fourth-order valence-electron chi connectivity index (χ4n) is 0.552. The van der Waals surface area contributed by atoms with E-state index in [0.717, 1.165) is 12.8 Å². The number of hydrogen-bond acceptors (Lipinski definition) is 2. The minimum Gasteiger partial charge on any atom is -0.412 e. The van der Waals surface area contributed by atoms with Gasteiger partial charge in [-0.05, 0) is 12.8 Å². The van der Waals surface area contributed by atoms with E-state index in [9.17, 15) is 0 Å². The molecule has 2 atom stereocenters. The number of hydrogen-bond donors (Lipinski definition) is 2. The van der Waals surface area contributed by atoms with Crippen molar-refractivity contribution in [1.82, 2.24) is 0 Å². The molecule has 0 amide bonds. The van der Waals surface area contributed by atoms with E-state index in [0.29, 0.717) is 12.1 Å². The van der Waals surface area contributed by atoms with Crippen molar-refractivity contribution >= 4 is 0 Å². The van der Waals surface area contributed by atoms with Crippen molar-refractivity contribution in [2.75, 3.05) is 0 Å². The zero-order valence-corrected chi connectivity index (χ0v) is 8.31. The SMILES string of the molecule is NC1CCC1N.O.O.[CH3-].[Pt]. The maximum absolute atomic E-state index is 5.40. The molecule has 0 radical (unpaired) electrons. The van der Waals surface area contributed by atoms with Crippen LogP contribution in [0.3, 0.4) is 0 Å². The second-order valence-corrected chi connectivity index (χ2v) is 1.91. The van der Waals surface area contributed by atoms with Crippen molar-refractivity contribution < 1.29 is 32.0 Å². The normalized spacial score (nSPS) is 27.0. The van der Waals surface area contributed by atoms with E-state index in [4.69, 9.17) is 11.5 Å². The van der Waals surface area contributed by atoms with Gasteiger partial charge in [0.05, 0.1) is 0 Å². The van der Waals surface area contributed by atoms with Crippen molar-refractivity contribution in [3.63, 3.8) is 0 Å². The molecule has 0 aromatic heterocycles. The van der Waals surface area contributed by atoms with Crippen molar-refractivity contribution in [1.29, 1.82) is 0 Å². The summed E-state index contributed by atoms with van der Waals surface area (Å²) < 4.78 is 0. The molecule has 0 saturated heterocycles. The third-order valence-electron chi connectivity index (χ3n) is 1.38. The molecule has 1 saturated carbocycles. The van der Waals surface area contributed by atoms with Gasteiger partial charge in [0, 0.05) is 33.1 Å². The van der Waals surface area contributed by atoms with Crippen LogP contribution < -0.4 is 11.5 Å². The molecule has 5 heteroatoms. The van der Waals surface area contributed by atoms with E-state index in [1.165, 1.54) is 0 Å². The van der Waals surface area contributed by atoms with Crippen LogP contribution in [-0.4, -0.2) is 23.0 Å². The van der Waals surface area contributed by atoms with Gasteiger partial charge in [-0.2, -0.15) is 0 Å². The van der Waals surface area contributed by atoms with Crippen LogP contribution in [0.25, 0.3) is 0 Å². The molecule has 70 valence electrons. The molecule has 0 spiro atoms. The summed E-state index contributed by atoms with van der Waals surface area (Å²) in [4.78, 5) is 0. The zero-order chi connectivity index (χ0) is 4.57. The van der Waals surface area contributed by atoms with Crippen LogP contribution in [0.5, 0.6) is 0 Å². The van der Waals surface area contributed by atoms with E-state index < -0.39 is 0 Å². The quantitative estimate of drug-likeness (QED) is 0.511. The third-order valence-corrected chi connectivity index (χ3v) is 1.38. The Morgan fingerprint density at radius 1 is 0.900 bits per heavy atom. The molecule has 4 nitrogen and oxygen atoms in total. The first-order valence-electron chi connectivity index (χ1n) is 2.32. The predicted molar refractivity (Wildman–Crippen MR) is 38.8 cm³/mol. The molecule has 2 unspecified atom stereocenters. The van der Waals surface area contributed by atoms with E-state index in [1.54, 1.807) is 0 Å². The zero-order valence-electron chi connectivity index (χ0n) is 6.04. The summed E-state index contributed by atoms with van der Waals surface area (Å²) in [6, 6.07) is 0.620. The second-order valence-electron chi connectivity index (χ2n) is 1.91. The number of rotatable bonds is 0. The van der Waals surface area contributed by atoms with Gasteiger partial charge in [-0.1, -0.05) is 0 Å². The third kappa shape index (κ3) is 5.32. The Hall–Kier alpha value is 0.528. The average molecular weight is 332 g/mol. The van der Waals surface area contributed by atoms with E-state index in [-0.39, 0.29) is 39.4 Å². The second kappa shape index (κ2) is 9.53. The van der Waals surface area contributed by atoms with Crippen LogP contribution in [0.1, 0.15) is 12.8 Å². The fraction of sp³-hybridized carbons (Fsp3) is 0.800. The van der Waals surface area contributed by atoms with Gasteiger partial charge in [0.2, 0.25) is 0 Å². The van der Waals surface area contributed by atoms with Crippen LogP contribution in [0.2, 0.25) is 0 Å². The molecule has 0 heterocycles. The van der Waals surface area contributed by atoms with Gasteiger partial charge in [-0.3, -0.25) is 0 Å². The van der Waals surface area contributed by atoms with Gasteiger partial charge in [-0.15, -0.1) is 0 Å². The van der Waals surface area contributed by atoms with Crippen LogP contribution in [0, 0.1) is 7.43 Å². The summed E-state index contributed by atoms with van der Waals surface area (Å²) in [6.07, 6.45) is 2.25. The molecule has 1 rings (SSSR count). The van der Waals surface area contributed by atoms with Crippen molar-refractivity contribution in [2.24, 2.45) is 11.5 Å². The summed E-state index contributed by atoms with van der Waals surface area (Å²) in [5.74, 6) is 0. The summed E-state index contributed by atoms with van der Waals surface area (Å²) in [6.45, 7) is 0. The molecule has 1 aliphatic rings. The minimum absolute atomic E-state index is 0. The number of nitrogens with two attached hydrogens (primary N) is 2. The van der Waals surface area contributed by atoms with Gasteiger partial charge in [0.15, 0.2) is 0 Å². The molecule has 10 heavy (non-hydrogen) atoms. The summed E-state index contributed by atoms with van der Waals surface area (Å²) in [5.41, 5.74) is 10.8. The van der Waals surface area contributed by atoms with Crippen LogP contribution >= 0.6 is 0 Å². The predicted octanol–water partition coefficient (Wildman–Crippen LogP) is -1.77. The molecule has 0 aromatic rings. The molecule has 0 aliphatic heterocycles. The van der Waals surface area contributed by atoms with E-state index in [1.807, 2.05) is 0 Å². The molecule has 0 aromatic carbocycles. The van der Waals surface area contributed by atoms with Gasteiger partial charge < -0.3 is 29.8 Å². The van der Waals surface area contributed by atoms with E-state index in [2.05, 4.69) is 0 Å². The van der Waals surface area contributed by atoms with Gasteiger partial charge >= 0.3 is 0 Å². The summed E-state index contributed by atoms with van der Waals surface area (Å²) in [5, 5.41) is 0. The molecule has 1 fully saturated rings. The average Bonchev–Trinajstić information content (AvgIpc) is 1.61. The smallest absolute Gasteiger partial charge is 0.0192 e. The Morgan fingerprint density at radius 2 is 1.10 bits per heavy atom. The Bertz CT molecular complexity index is 57.6. The van der Waals surface area contributed by atoms with Crippen LogP contribution in [0.15, 0.2) is 0 Å². The maximum atomic E-state index is 5.40. The maximum Gasteiger partial charge on any atom is 0.0192 e. The molecule has 0 bridgehead atoms. The first-order chi connectivity index (χ1) is 2.80. The molecular weight excluding hydrogens is 315 g/mol. The minimum atomic E-state index is 0. The monoisotopic (exact) mass is 332 g/mol. The van der Waals surface area contributed by atoms with Crippen LogP contribution in [0.4, 0.5) is 0 Å². The Balaban J connectivity index is -0.0000000450. The van der Waals surface area contributed by atoms with Crippen LogP contribution in [-0.2, 0) is 21.1 Å². The molecule has 8 N–H and O–H groups in total. The first-order valence-corrected chi connectivity index (χ1v) is 2.32. The van der Waals surface area contributed by atoms with Crippen molar-refractivity contribution in [2.45, 2.75) is 24.9 Å². The Labute approximate surface area is 76.2 Å². The Morgan fingerprint density at radius 3 is 1.10 bits per heavy atom. The largest absolute Gasteiger partial charge is 0.412 e. The summed E-state index contributed by atoms with van der Waals surface area (Å²) in [7, 11) is 0. The molecular formula is C5H17N2O2Pt-. The van der Waals surface area contributed by atoms with Crippen molar-refractivity contribution in [3.8, 4) is 0 Å². The van der Waals surface area contributed by atoms with Gasteiger partial charge in [0.25, 0.3) is 0 Å². The fourth-order valence-corrected chi connectivity index (χ4v) is 0.552. The standard InChI is InChI=1S/C4H10N2.CH3.2H2O.Pt/c5-3-1-2-4(3)6;;;;/h3-4H,1-2,5-6H2;1H3;2*1H2;/q;-1;;;. The first kappa shape index (κ1) is 22.4.